The second-order valence-corrected chi connectivity index (χ2v) is 8.69. The van der Waals surface area contributed by atoms with E-state index in [-0.39, 0.29) is 5.91 Å². The summed E-state index contributed by atoms with van der Waals surface area (Å²) in [5, 5.41) is 12.3. The first-order chi connectivity index (χ1) is 16.1. The van der Waals surface area contributed by atoms with E-state index < -0.39 is 0 Å². The highest BCUT2D eigenvalue weighted by Gasteiger charge is 2.18. The van der Waals surface area contributed by atoms with Crippen molar-refractivity contribution in [2.45, 2.75) is 39.2 Å². The van der Waals surface area contributed by atoms with Gasteiger partial charge in [-0.2, -0.15) is 0 Å². The van der Waals surface area contributed by atoms with Crippen LogP contribution in [0.4, 0.5) is 5.69 Å². The lowest BCUT2D eigenvalue weighted by Gasteiger charge is -2.19. The van der Waals surface area contributed by atoms with Gasteiger partial charge < -0.3 is 19.4 Å². The highest BCUT2D eigenvalue weighted by molar-refractivity contribution is 6.32. The van der Waals surface area contributed by atoms with Gasteiger partial charge in [0.05, 0.1) is 5.02 Å². The molecule has 1 amide bonds. The number of halogens is 1. The van der Waals surface area contributed by atoms with E-state index in [1.54, 1.807) is 12.1 Å². The van der Waals surface area contributed by atoms with Crippen molar-refractivity contribution in [2.75, 3.05) is 18.5 Å². The number of anilines is 1. The Bertz CT molecular complexity index is 1230. The summed E-state index contributed by atoms with van der Waals surface area (Å²) in [7, 11) is 0. The molecule has 0 fully saturated rings. The fourth-order valence-corrected chi connectivity index (χ4v) is 4.44. The maximum absolute atomic E-state index is 12.7. The van der Waals surface area contributed by atoms with Gasteiger partial charge in [-0.15, -0.1) is 10.2 Å². The Morgan fingerprint density at radius 2 is 2.00 bits per heavy atom. The van der Waals surface area contributed by atoms with Crippen LogP contribution in [0, 0.1) is 6.92 Å². The first-order valence-corrected chi connectivity index (χ1v) is 11.6. The molecule has 3 aromatic rings. The van der Waals surface area contributed by atoms with Gasteiger partial charge in [0.15, 0.2) is 17.3 Å². The second-order valence-electron chi connectivity index (χ2n) is 8.28. The smallest absolute Gasteiger partial charge is 0.248 e. The third-order valence-electron chi connectivity index (χ3n) is 5.91. The number of carbonyl (C=O) groups excluding carboxylic acids is 1. The Morgan fingerprint density at radius 1 is 1.12 bits per heavy atom. The first-order valence-electron chi connectivity index (χ1n) is 11.2. The van der Waals surface area contributed by atoms with Crippen LogP contribution in [0.2, 0.25) is 5.02 Å². The number of carbonyl (C=O) groups is 1. The van der Waals surface area contributed by atoms with Crippen LogP contribution in [-0.4, -0.2) is 33.9 Å². The summed E-state index contributed by atoms with van der Waals surface area (Å²) in [5.74, 6) is 2.79. The van der Waals surface area contributed by atoms with E-state index in [0.717, 1.165) is 59.8 Å². The predicted octanol–water partition coefficient (Wildman–Crippen LogP) is 5.06. The molecule has 3 heterocycles. The molecule has 33 heavy (non-hydrogen) atoms. The summed E-state index contributed by atoms with van der Waals surface area (Å²) in [4.78, 5) is 12.7. The average molecular weight is 465 g/mol. The van der Waals surface area contributed by atoms with Crippen molar-refractivity contribution in [1.82, 2.24) is 14.8 Å². The number of amides is 1. The SMILES string of the molecule is Cc1ccc(-c2nnc3n2CCCCC3)cc1NC(=O)/C=C/c1cc(Cl)c2c(c1)OCCO2. The molecule has 2 aliphatic heterocycles. The number of nitrogens with one attached hydrogen (secondary N) is 1. The zero-order valence-corrected chi connectivity index (χ0v) is 19.2. The molecule has 0 aliphatic carbocycles. The van der Waals surface area contributed by atoms with E-state index in [1.165, 1.54) is 12.5 Å². The van der Waals surface area contributed by atoms with E-state index >= 15 is 0 Å². The second kappa shape index (κ2) is 9.27. The molecular weight excluding hydrogens is 440 g/mol. The molecular formula is C25H25ClN4O3. The van der Waals surface area contributed by atoms with Gasteiger partial charge in [0.25, 0.3) is 0 Å². The van der Waals surface area contributed by atoms with Crippen LogP contribution < -0.4 is 14.8 Å². The monoisotopic (exact) mass is 464 g/mol. The number of benzene rings is 2. The maximum Gasteiger partial charge on any atom is 0.248 e. The van der Waals surface area contributed by atoms with E-state index in [0.29, 0.717) is 29.7 Å². The number of fused-ring (bicyclic) bond motifs is 2. The molecule has 5 rings (SSSR count). The Kier molecular flexibility index (Phi) is 6.05. The van der Waals surface area contributed by atoms with Crippen LogP contribution in [0.3, 0.4) is 0 Å². The number of ether oxygens (including phenoxy) is 2. The van der Waals surface area contributed by atoms with E-state index in [2.05, 4.69) is 20.1 Å². The van der Waals surface area contributed by atoms with Crippen LogP contribution >= 0.6 is 11.6 Å². The summed E-state index contributed by atoms with van der Waals surface area (Å²) in [6, 6.07) is 9.55. The quantitative estimate of drug-likeness (QED) is 0.546. The molecule has 1 aromatic heterocycles. The van der Waals surface area contributed by atoms with Crippen molar-refractivity contribution in [1.29, 1.82) is 0 Å². The molecule has 2 aromatic carbocycles. The van der Waals surface area contributed by atoms with Gasteiger partial charge in [-0.1, -0.05) is 30.2 Å². The van der Waals surface area contributed by atoms with Gasteiger partial charge in [0.2, 0.25) is 5.91 Å². The summed E-state index contributed by atoms with van der Waals surface area (Å²) >= 11 is 6.29. The molecule has 0 radical (unpaired) electrons. The largest absolute Gasteiger partial charge is 0.486 e. The fourth-order valence-electron chi connectivity index (χ4n) is 4.17. The molecule has 0 atom stereocenters. The molecule has 0 saturated heterocycles. The molecule has 1 N–H and O–H groups in total. The van der Waals surface area contributed by atoms with Crippen molar-refractivity contribution in [3.63, 3.8) is 0 Å². The van der Waals surface area contributed by atoms with Crippen molar-refractivity contribution in [2.24, 2.45) is 0 Å². The minimum atomic E-state index is -0.235. The topological polar surface area (TPSA) is 78.3 Å². The Hall–Kier alpha value is -3.32. The first kappa shape index (κ1) is 21.5. The van der Waals surface area contributed by atoms with E-state index in [9.17, 15) is 4.79 Å². The highest BCUT2D eigenvalue weighted by Crippen LogP contribution is 2.38. The normalized spacial score (nSPS) is 15.2. The molecule has 0 bridgehead atoms. The summed E-state index contributed by atoms with van der Waals surface area (Å²) in [6.45, 7) is 3.84. The average Bonchev–Trinajstić information content (AvgIpc) is 3.07. The third kappa shape index (κ3) is 4.59. The summed E-state index contributed by atoms with van der Waals surface area (Å²) in [5.41, 5.74) is 3.42. The lowest BCUT2D eigenvalue weighted by atomic mass is 10.1. The van der Waals surface area contributed by atoms with Gasteiger partial charge in [-0.05, 0) is 55.2 Å². The standard InChI is InChI=1S/C25H25ClN4O3/c1-16-6-8-18(25-29-28-22-5-3-2-4-10-30(22)25)15-20(16)27-23(31)9-7-17-13-19(26)24-21(14-17)32-11-12-33-24/h6-9,13-15H,2-5,10-12H2,1H3,(H,27,31)/b9-7+. The zero-order chi connectivity index (χ0) is 22.8. The molecule has 170 valence electrons. The molecule has 0 saturated carbocycles. The van der Waals surface area contributed by atoms with Gasteiger partial charge in [-0.3, -0.25) is 4.79 Å². The van der Waals surface area contributed by atoms with Gasteiger partial charge in [-0.25, -0.2) is 0 Å². The molecule has 7 nitrogen and oxygen atoms in total. The number of hydrogen-bond acceptors (Lipinski definition) is 5. The fraction of sp³-hybridized carbons (Fsp3) is 0.320. The van der Waals surface area contributed by atoms with Gasteiger partial charge >= 0.3 is 0 Å². The van der Waals surface area contributed by atoms with Crippen molar-refractivity contribution < 1.29 is 14.3 Å². The lowest BCUT2D eigenvalue weighted by Crippen LogP contribution is -2.15. The third-order valence-corrected chi connectivity index (χ3v) is 6.19. The highest BCUT2D eigenvalue weighted by atomic mass is 35.5. The summed E-state index contributed by atoms with van der Waals surface area (Å²) in [6.07, 6.45) is 7.63. The number of nitrogens with zero attached hydrogens (tertiary/aromatic N) is 3. The number of aryl methyl sites for hydroxylation is 2. The molecule has 2 aliphatic rings. The Morgan fingerprint density at radius 3 is 2.91 bits per heavy atom. The van der Waals surface area contributed by atoms with Crippen LogP contribution in [0.25, 0.3) is 17.5 Å². The summed E-state index contributed by atoms with van der Waals surface area (Å²) < 4.78 is 13.3. The van der Waals surface area contributed by atoms with Crippen molar-refractivity contribution in [3.8, 4) is 22.9 Å². The Labute approximate surface area is 197 Å². The van der Waals surface area contributed by atoms with Crippen LogP contribution in [0.5, 0.6) is 11.5 Å². The van der Waals surface area contributed by atoms with Crippen LogP contribution in [0.15, 0.2) is 36.4 Å². The van der Waals surface area contributed by atoms with Gasteiger partial charge in [0.1, 0.15) is 19.0 Å². The Balaban J connectivity index is 1.34. The molecule has 8 heteroatoms. The van der Waals surface area contributed by atoms with Crippen LogP contribution in [-0.2, 0) is 17.8 Å². The predicted molar refractivity (Wildman–Crippen MR) is 128 cm³/mol. The lowest BCUT2D eigenvalue weighted by molar-refractivity contribution is -0.111. The van der Waals surface area contributed by atoms with Gasteiger partial charge in [0, 0.05) is 30.3 Å². The number of hydrogen-bond donors (Lipinski definition) is 1. The van der Waals surface area contributed by atoms with Crippen LogP contribution in [0.1, 0.15) is 36.2 Å². The number of aromatic nitrogens is 3. The number of rotatable bonds is 4. The van der Waals surface area contributed by atoms with Crippen molar-refractivity contribution in [3.05, 3.63) is 58.4 Å². The molecule has 0 spiro atoms. The molecule has 0 unspecified atom stereocenters. The van der Waals surface area contributed by atoms with E-state index in [1.807, 2.05) is 31.2 Å². The minimum Gasteiger partial charge on any atom is -0.486 e. The zero-order valence-electron chi connectivity index (χ0n) is 18.4. The van der Waals surface area contributed by atoms with Crippen molar-refractivity contribution >= 4 is 29.3 Å². The van der Waals surface area contributed by atoms with E-state index in [4.69, 9.17) is 21.1 Å². The maximum atomic E-state index is 12.7. The minimum absolute atomic E-state index is 0.235.